The summed E-state index contributed by atoms with van der Waals surface area (Å²) < 4.78 is 7.13. The van der Waals surface area contributed by atoms with E-state index in [1.165, 1.54) is 22.1 Å². The predicted octanol–water partition coefficient (Wildman–Crippen LogP) is 3.63. The Balaban J connectivity index is 1.57. The van der Waals surface area contributed by atoms with Gasteiger partial charge in [-0.1, -0.05) is 93.2 Å². The molecular weight excluding hydrogens is 458 g/mol. The lowest BCUT2D eigenvalue weighted by Crippen LogP contribution is -2.67. The van der Waals surface area contributed by atoms with Crippen molar-refractivity contribution >= 4 is 41.5 Å². The molecule has 1 N–H and O–H groups in total. The van der Waals surface area contributed by atoms with Gasteiger partial charge in [0.1, 0.15) is 0 Å². The van der Waals surface area contributed by atoms with Gasteiger partial charge in [-0.2, -0.15) is 0 Å². The third kappa shape index (κ3) is 5.42. The standard InChI is InChI=1S/C27H37N3O2SSi/c1-21(31)33-20-23-16-18-30-17-15-22(28-26(30)29-23)19-32-34(27(2,3)4,24-11-7-5-8-12-24)25-13-9-6-10-14-25/h5-14,22-23H,15-20H2,1-4H3,(H,28,29)/t22-,23-/m1/s1. The van der Waals surface area contributed by atoms with E-state index in [1.807, 2.05) is 0 Å². The average molecular weight is 496 g/mol. The number of rotatable bonds is 7. The van der Waals surface area contributed by atoms with E-state index in [0.717, 1.165) is 37.6 Å². The summed E-state index contributed by atoms with van der Waals surface area (Å²) in [4.78, 5) is 18.8. The molecular formula is C27H37N3O2SSi. The van der Waals surface area contributed by atoms with Crippen LogP contribution in [0.25, 0.3) is 0 Å². The first kappa shape index (κ1) is 25.0. The van der Waals surface area contributed by atoms with Crippen LogP contribution in [-0.2, 0) is 9.22 Å². The van der Waals surface area contributed by atoms with Gasteiger partial charge in [0.05, 0.1) is 12.6 Å². The normalized spacial score (nSPS) is 20.8. The molecule has 2 heterocycles. The van der Waals surface area contributed by atoms with Crippen molar-refractivity contribution in [3.63, 3.8) is 0 Å². The first-order valence-electron chi connectivity index (χ1n) is 12.3. The van der Waals surface area contributed by atoms with Gasteiger partial charge in [-0.05, 0) is 28.3 Å². The molecule has 5 nitrogen and oxygen atoms in total. The van der Waals surface area contributed by atoms with E-state index in [1.54, 1.807) is 6.92 Å². The molecule has 0 aromatic heterocycles. The van der Waals surface area contributed by atoms with Crippen molar-refractivity contribution in [1.29, 1.82) is 0 Å². The lowest BCUT2D eigenvalue weighted by Gasteiger charge is -2.44. The Hall–Kier alpha value is -2.09. The molecule has 1 fully saturated rings. The van der Waals surface area contributed by atoms with Crippen LogP contribution in [-0.4, -0.2) is 61.8 Å². The lowest BCUT2D eigenvalue weighted by atomic mass is 10.1. The molecule has 0 amide bonds. The van der Waals surface area contributed by atoms with Crippen molar-refractivity contribution in [3.05, 3.63) is 60.7 Å². The summed E-state index contributed by atoms with van der Waals surface area (Å²) in [6.45, 7) is 11.2. The van der Waals surface area contributed by atoms with Crippen molar-refractivity contribution in [1.82, 2.24) is 10.2 Å². The van der Waals surface area contributed by atoms with E-state index < -0.39 is 8.32 Å². The smallest absolute Gasteiger partial charge is 0.261 e. The summed E-state index contributed by atoms with van der Waals surface area (Å²) in [5.41, 5.74) is 0. The van der Waals surface area contributed by atoms with E-state index in [2.05, 4.69) is 91.7 Å². The molecule has 182 valence electrons. The number of benzene rings is 2. The highest BCUT2D eigenvalue weighted by Crippen LogP contribution is 2.37. The molecule has 0 saturated carbocycles. The molecule has 4 rings (SSSR count). The lowest BCUT2D eigenvalue weighted by molar-refractivity contribution is -0.109. The Kier molecular flexibility index (Phi) is 7.85. The molecule has 2 aliphatic rings. The van der Waals surface area contributed by atoms with Gasteiger partial charge in [0.25, 0.3) is 8.32 Å². The van der Waals surface area contributed by atoms with E-state index >= 15 is 0 Å². The number of fused-ring (bicyclic) bond motifs is 1. The maximum atomic E-state index is 11.4. The highest BCUT2D eigenvalue weighted by atomic mass is 32.2. The molecule has 1 saturated heterocycles. The van der Waals surface area contributed by atoms with Gasteiger partial charge >= 0.3 is 0 Å². The van der Waals surface area contributed by atoms with Crippen LogP contribution in [0.15, 0.2) is 65.7 Å². The zero-order valence-corrected chi connectivity index (χ0v) is 22.6. The second-order valence-corrected chi connectivity index (χ2v) is 15.8. The zero-order chi connectivity index (χ0) is 24.2. The highest BCUT2D eigenvalue weighted by Gasteiger charge is 2.50. The van der Waals surface area contributed by atoms with Gasteiger partial charge in [-0.15, -0.1) is 0 Å². The Morgan fingerprint density at radius 3 is 2.21 bits per heavy atom. The molecule has 2 aromatic carbocycles. The summed E-state index contributed by atoms with van der Waals surface area (Å²) in [5, 5.41) is 6.33. The summed E-state index contributed by atoms with van der Waals surface area (Å²) in [6, 6.07) is 22.0. The van der Waals surface area contributed by atoms with Crippen molar-refractivity contribution in [2.75, 3.05) is 25.4 Å². The minimum Gasteiger partial charge on any atom is -0.405 e. The van der Waals surface area contributed by atoms with Gasteiger partial charge in [-0.25, -0.2) is 4.99 Å². The highest BCUT2D eigenvalue weighted by molar-refractivity contribution is 8.13. The summed E-state index contributed by atoms with van der Waals surface area (Å²) in [6.07, 6.45) is 2.04. The van der Waals surface area contributed by atoms with Crippen molar-refractivity contribution < 1.29 is 9.22 Å². The Labute approximate surface area is 209 Å². The minimum absolute atomic E-state index is 0.0400. The molecule has 0 spiro atoms. The van der Waals surface area contributed by atoms with Crippen LogP contribution in [0.5, 0.6) is 0 Å². The van der Waals surface area contributed by atoms with Gasteiger partial charge < -0.3 is 14.6 Å². The van der Waals surface area contributed by atoms with E-state index in [4.69, 9.17) is 9.42 Å². The fourth-order valence-electron chi connectivity index (χ4n) is 5.09. The molecule has 2 atom stereocenters. The molecule has 34 heavy (non-hydrogen) atoms. The van der Waals surface area contributed by atoms with Crippen LogP contribution in [0.1, 0.15) is 40.5 Å². The maximum Gasteiger partial charge on any atom is 0.261 e. The van der Waals surface area contributed by atoms with Gasteiger partial charge in [0.2, 0.25) is 0 Å². The second-order valence-electron chi connectivity index (χ2n) is 10.3. The van der Waals surface area contributed by atoms with Crippen LogP contribution in [0.2, 0.25) is 5.04 Å². The van der Waals surface area contributed by atoms with Crippen LogP contribution < -0.4 is 15.7 Å². The van der Waals surface area contributed by atoms with Crippen molar-refractivity contribution in [2.45, 2.75) is 57.7 Å². The Morgan fingerprint density at radius 1 is 1.06 bits per heavy atom. The number of aliphatic imine (C=N–C) groups is 1. The summed E-state index contributed by atoms with van der Waals surface area (Å²) >= 11 is 1.40. The number of nitrogens with one attached hydrogen (secondary N) is 1. The van der Waals surface area contributed by atoms with E-state index in [9.17, 15) is 4.79 Å². The third-order valence-corrected chi connectivity index (χ3v) is 12.8. The molecule has 0 aliphatic carbocycles. The topological polar surface area (TPSA) is 53.9 Å². The zero-order valence-electron chi connectivity index (χ0n) is 20.8. The minimum atomic E-state index is -2.56. The van der Waals surface area contributed by atoms with Crippen LogP contribution in [0.3, 0.4) is 0 Å². The molecule has 0 radical (unpaired) electrons. The average Bonchev–Trinajstić information content (AvgIpc) is 2.83. The first-order valence-corrected chi connectivity index (χ1v) is 15.2. The fourth-order valence-corrected chi connectivity index (χ4v) is 10.4. The quantitative estimate of drug-likeness (QED) is 0.595. The Bertz CT molecular complexity index is 954. The predicted molar refractivity (Wildman–Crippen MR) is 146 cm³/mol. The van der Waals surface area contributed by atoms with Crippen molar-refractivity contribution in [2.24, 2.45) is 4.99 Å². The molecule has 0 unspecified atom stereocenters. The van der Waals surface area contributed by atoms with Gasteiger partial charge in [0, 0.05) is 31.8 Å². The maximum absolute atomic E-state index is 11.4. The molecule has 2 aliphatic heterocycles. The number of nitrogens with zero attached hydrogens (tertiary/aromatic N) is 2. The number of hydrogen-bond acceptors (Lipinski definition) is 6. The number of carbonyl (C=O) groups excluding carboxylic acids is 1. The van der Waals surface area contributed by atoms with Gasteiger partial charge in [-0.3, -0.25) is 4.79 Å². The van der Waals surface area contributed by atoms with Gasteiger partial charge in [0.15, 0.2) is 11.1 Å². The first-order chi connectivity index (χ1) is 16.3. The fraction of sp³-hybridized carbons (Fsp3) is 0.481. The summed E-state index contributed by atoms with van der Waals surface area (Å²) in [7, 11) is -2.56. The summed E-state index contributed by atoms with van der Waals surface area (Å²) in [5.74, 6) is 1.77. The van der Waals surface area contributed by atoms with Crippen LogP contribution in [0, 0.1) is 0 Å². The van der Waals surface area contributed by atoms with E-state index in [-0.39, 0.29) is 16.2 Å². The third-order valence-electron chi connectivity index (χ3n) is 6.81. The molecule has 7 heteroatoms. The van der Waals surface area contributed by atoms with Crippen LogP contribution in [0.4, 0.5) is 0 Å². The SMILES string of the molecule is CC(=O)SC[C@H]1CCN2CC[C@H](CO[Si](c3ccccc3)(c3ccccc3)C(C)(C)C)N=C2N1. The van der Waals surface area contributed by atoms with Crippen LogP contribution >= 0.6 is 11.8 Å². The second kappa shape index (κ2) is 10.7. The molecule has 0 bridgehead atoms. The molecule has 2 aromatic rings. The largest absolute Gasteiger partial charge is 0.405 e. The van der Waals surface area contributed by atoms with E-state index in [0.29, 0.717) is 12.6 Å². The Morgan fingerprint density at radius 2 is 1.65 bits per heavy atom. The number of thioether (sulfide) groups is 1. The van der Waals surface area contributed by atoms with Crippen molar-refractivity contribution in [3.8, 4) is 0 Å². The number of guanidine groups is 1. The number of hydrogen-bond donors (Lipinski definition) is 1. The monoisotopic (exact) mass is 495 g/mol. The number of carbonyl (C=O) groups is 1.